The average molecular weight is 284 g/mol. The molecule has 0 aliphatic heterocycles. The second-order valence-corrected chi connectivity index (χ2v) is 7.52. The molecule has 0 spiro atoms. The van der Waals surface area contributed by atoms with Gasteiger partial charge in [-0.2, -0.15) is 0 Å². The topological polar surface area (TPSA) is 9.23 Å². The van der Waals surface area contributed by atoms with Gasteiger partial charge >= 0.3 is 0 Å². The highest BCUT2D eigenvalue weighted by Gasteiger charge is 2.33. The summed E-state index contributed by atoms with van der Waals surface area (Å²) in [5.74, 6) is 0. The Labute approximate surface area is 122 Å². The van der Waals surface area contributed by atoms with Gasteiger partial charge in [0.2, 0.25) is 0 Å². The van der Waals surface area contributed by atoms with Crippen LogP contribution in [0.15, 0.2) is 60.7 Å². The fraction of sp³-hybridized carbons (Fsp3) is 0.333. The van der Waals surface area contributed by atoms with Crippen molar-refractivity contribution in [3.05, 3.63) is 60.7 Å². The van der Waals surface area contributed by atoms with E-state index in [2.05, 4.69) is 67.6 Å². The van der Waals surface area contributed by atoms with Crippen LogP contribution in [0.25, 0.3) is 0 Å². The minimum absolute atomic E-state index is 0.0530. The highest BCUT2D eigenvalue weighted by Crippen LogP contribution is 2.45. The average Bonchev–Trinajstić information content (AvgIpc) is 2.94. The first kappa shape index (κ1) is 13.8. The van der Waals surface area contributed by atoms with Crippen molar-refractivity contribution in [1.29, 1.82) is 0 Å². The summed E-state index contributed by atoms with van der Waals surface area (Å²) in [6, 6.07) is 21.3. The molecule has 1 saturated carbocycles. The summed E-state index contributed by atoms with van der Waals surface area (Å²) in [6.07, 6.45) is 4.96. The van der Waals surface area contributed by atoms with Gasteiger partial charge < -0.3 is 4.52 Å². The zero-order chi connectivity index (χ0) is 13.8. The van der Waals surface area contributed by atoms with Gasteiger partial charge in [-0.05, 0) is 19.8 Å². The molecule has 2 aromatic carbocycles. The molecule has 0 atom stereocenters. The number of hydrogen-bond donors (Lipinski definition) is 0. The van der Waals surface area contributed by atoms with Crippen molar-refractivity contribution in [2.75, 3.05) is 0 Å². The summed E-state index contributed by atoms with van der Waals surface area (Å²) in [4.78, 5) is 0. The van der Waals surface area contributed by atoms with Crippen molar-refractivity contribution in [2.24, 2.45) is 0 Å². The number of hydrogen-bond acceptors (Lipinski definition) is 1. The van der Waals surface area contributed by atoms with E-state index in [1.165, 1.54) is 36.3 Å². The Hall–Kier alpha value is -1.17. The molecule has 1 nitrogen and oxygen atoms in total. The molecule has 2 heteroatoms. The quantitative estimate of drug-likeness (QED) is 0.757. The predicted octanol–water partition coefficient (Wildman–Crippen LogP) is 4.38. The standard InChI is InChI=1S/C18H21OP/c1-18(14-8-9-15-18)19-20(16-10-4-2-5-11-16)17-12-6-3-7-13-17/h2-7,10-13H,8-9,14-15H2,1H3. The first-order valence-corrected chi connectivity index (χ1v) is 8.62. The Morgan fingerprint density at radius 2 is 1.25 bits per heavy atom. The molecule has 1 fully saturated rings. The lowest BCUT2D eigenvalue weighted by Gasteiger charge is -2.30. The van der Waals surface area contributed by atoms with Crippen LogP contribution in [0.2, 0.25) is 0 Å². The van der Waals surface area contributed by atoms with Crippen molar-refractivity contribution < 1.29 is 4.52 Å². The first-order valence-electron chi connectivity index (χ1n) is 7.36. The van der Waals surface area contributed by atoms with Crippen LogP contribution in [0, 0.1) is 0 Å². The molecular formula is C18H21OP. The van der Waals surface area contributed by atoms with E-state index in [0.717, 1.165) is 0 Å². The first-order chi connectivity index (χ1) is 9.77. The van der Waals surface area contributed by atoms with E-state index in [4.69, 9.17) is 4.52 Å². The van der Waals surface area contributed by atoms with Gasteiger partial charge in [0.25, 0.3) is 0 Å². The highest BCUT2D eigenvalue weighted by atomic mass is 31.1. The summed E-state index contributed by atoms with van der Waals surface area (Å²) in [5.41, 5.74) is 0.0530. The van der Waals surface area contributed by atoms with Crippen LogP contribution < -0.4 is 10.6 Å². The van der Waals surface area contributed by atoms with Crippen molar-refractivity contribution in [2.45, 2.75) is 38.2 Å². The Bertz CT molecular complexity index is 492. The molecule has 20 heavy (non-hydrogen) atoms. The van der Waals surface area contributed by atoms with Gasteiger partial charge in [-0.15, -0.1) is 0 Å². The lowest BCUT2D eigenvalue weighted by Crippen LogP contribution is -2.27. The van der Waals surface area contributed by atoms with E-state index in [9.17, 15) is 0 Å². The molecule has 0 bridgehead atoms. The second kappa shape index (κ2) is 6.08. The van der Waals surface area contributed by atoms with Gasteiger partial charge in [-0.25, -0.2) is 0 Å². The van der Waals surface area contributed by atoms with Crippen LogP contribution in [0.5, 0.6) is 0 Å². The molecule has 3 rings (SSSR count). The number of rotatable bonds is 4. The summed E-state index contributed by atoms with van der Waals surface area (Å²) < 4.78 is 6.64. The lowest BCUT2D eigenvalue weighted by atomic mass is 10.1. The number of benzene rings is 2. The maximum Gasteiger partial charge on any atom is 0.0925 e. The molecule has 0 unspecified atom stereocenters. The van der Waals surface area contributed by atoms with Crippen LogP contribution in [-0.4, -0.2) is 5.60 Å². The van der Waals surface area contributed by atoms with Crippen LogP contribution >= 0.6 is 8.15 Å². The maximum absolute atomic E-state index is 6.64. The normalized spacial score (nSPS) is 17.5. The van der Waals surface area contributed by atoms with Gasteiger partial charge in [-0.1, -0.05) is 73.5 Å². The summed E-state index contributed by atoms with van der Waals surface area (Å²) in [6.45, 7) is 2.28. The van der Waals surface area contributed by atoms with Crippen molar-refractivity contribution in [3.8, 4) is 0 Å². The van der Waals surface area contributed by atoms with E-state index in [1.807, 2.05) is 0 Å². The molecule has 0 N–H and O–H groups in total. The predicted molar refractivity (Wildman–Crippen MR) is 87.0 cm³/mol. The maximum atomic E-state index is 6.64. The molecule has 0 saturated heterocycles. The van der Waals surface area contributed by atoms with Gasteiger partial charge in [0.15, 0.2) is 0 Å². The Morgan fingerprint density at radius 3 is 1.70 bits per heavy atom. The molecule has 1 aliphatic carbocycles. The lowest BCUT2D eigenvalue weighted by molar-refractivity contribution is 0.118. The Kier molecular flexibility index (Phi) is 4.19. The molecule has 104 valence electrons. The fourth-order valence-corrected chi connectivity index (χ4v) is 4.83. The largest absolute Gasteiger partial charge is 0.344 e. The summed E-state index contributed by atoms with van der Waals surface area (Å²) in [5, 5.41) is 2.61. The van der Waals surface area contributed by atoms with Crippen molar-refractivity contribution >= 4 is 18.8 Å². The SMILES string of the molecule is CC1(OP(c2ccccc2)c2ccccc2)CCCC1. The molecule has 1 aliphatic rings. The monoisotopic (exact) mass is 284 g/mol. The second-order valence-electron chi connectivity index (χ2n) is 5.71. The van der Waals surface area contributed by atoms with Crippen LogP contribution in [0.1, 0.15) is 32.6 Å². The zero-order valence-electron chi connectivity index (χ0n) is 12.0. The third-order valence-corrected chi connectivity index (χ3v) is 6.11. The molecule has 0 radical (unpaired) electrons. The van der Waals surface area contributed by atoms with E-state index >= 15 is 0 Å². The molecule has 0 heterocycles. The van der Waals surface area contributed by atoms with E-state index < -0.39 is 8.15 Å². The molecular weight excluding hydrogens is 263 g/mol. The minimum atomic E-state index is -0.711. The van der Waals surface area contributed by atoms with Crippen molar-refractivity contribution in [1.82, 2.24) is 0 Å². The summed E-state index contributed by atoms with van der Waals surface area (Å²) >= 11 is 0. The Morgan fingerprint density at radius 1 is 0.800 bits per heavy atom. The van der Waals surface area contributed by atoms with Crippen LogP contribution in [-0.2, 0) is 4.52 Å². The van der Waals surface area contributed by atoms with E-state index in [-0.39, 0.29) is 5.60 Å². The van der Waals surface area contributed by atoms with Gasteiger partial charge in [0.05, 0.1) is 13.7 Å². The molecule has 0 amide bonds. The van der Waals surface area contributed by atoms with E-state index in [0.29, 0.717) is 0 Å². The Balaban J connectivity index is 1.92. The molecule has 0 aromatic heterocycles. The minimum Gasteiger partial charge on any atom is -0.344 e. The molecule has 2 aromatic rings. The van der Waals surface area contributed by atoms with Crippen LogP contribution in [0.4, 0.5) is 0 Å². The third-order valence-electron chi connectivity index (χ3n) is 3.95. The van der Waals surface area contributed by atoms with E-state index in [1.54, 1.807) is 0 Å². The third kappa shape index (κ3) is 3.11. The highest BCUT2D eigenvalue weighted by molar-refractivity contribution is 7.68. The van der Waals surface area contributed by atoms with Gasteiger partial charge in [-0.3, -0.25) is 0 Å². The van der Waals surface area contributed by atoms with Gasteiger partial charge in [0, 0.05) is 10.6 Å². The van der Waals surface area contributed by atoms with Crippen molar-refractivity contribution in [3.63, 3.8) is 0 Å². The zero-order valence-corrected chi connectivity index (χ0v) is 12.9. The van der Waals surface area contributed by atoms with Crippen LogP contribution in [0.3, 0.4) is 0 Å². The van der Waals surface area contributed by atoms with Gasteiger partial charge in [0.1, 0.15) is 0 Å². The fourth-order valence-electron chi connectivity index (χ4n) is 2.82. The summed E-state index contributed by atoms with van der Waals surface area (Å²) in [7, 11) is -0.711. The smallest absolute Gasteiger partial charge is 0.0925 e.